The number of amides is 2. The van der Waals surface area contributed by atoms with Crippen molar-refractivity contribution >= 4 is 34.8 Å². The number of carbonyl (C=O) groups excluding carboxylic acids is 2. The number of hydrogen-bond acceptors (Lipinski definition) is 5. The maximum absolute atomic E-state index is 12.1. The van der Waals surface area contributed by atoms with Crippen molar-refractivity contribution < 1.29 is 9.59 Å². The first-order valence-electron chi connectivity index (χ1n) is 7.91. The van der Waals surface area contributed by atoms with Crippen LogP contribution >= 0.6 is 22.9 Å². The quantitative estimate of drug-likeness (QED) is 0.541. The second kappa shape index (κ2) is 8.59. The highest BCUT2D eigenvalue weighted by atomic mass is 35.5. The number of aromatic amines is 1. The average molecular weight is 390 g/mol. The number of nitrogens with one attached hydrogen (secondary N) is 3. The van der Waals surface area contributed by atoms with Crippen LogP contribution in [0, 0.1) is 0 Å². The molecular formula is C17H16ClN5O2S. The van der Waals surface area contributed by atoms with Gasteiger partial charge in [0.05, 0.1) is 10.6 Å². The van der Waals surface area contributed by atoms with Crippen LogP contribution in [-0.2, 0) is 0 Å². The Kier molecular flexibility index (Phi) is 5.98. The van der Waals surface area contributed by atoms with Crippen LogP contribution in [0.4, 0.5) is 0 Å². The maximum Gasteiger partial charge on any atom is 0.271 e. The Morgan fingerprint density at radius 1 is 1.12 bits per heavy atom. The van der Waals surface area contributed by atoms with Crippen LogP contribution in [0.1, 0.15) is 27.4 Å². The zero-order valence-corrected chi connectivity index (χ0v) is 15.2. The van der Waals surface area contributed by atoms with Crippen molar-refractivity contribution in [1.29, 1.82) is 0 Å². The molecule has 0 saturated heterocycles. The maximum atomic E-state index is 12.1. The van der Waals surface area contributed by atoms with Gasteiger partial charge in [-0.1, -0.05) is 17.7 Å². The predicted molar refractivity (Wildman–Crippen MR) is 100 cm³/mol. The zero-order chi connectivity index (χ0) is 18.4. The fourth-order valence-corrected chi connectivity index (χ4v) is 3.05. The Balaban J connectivity index is 1.40. The van der Waals surface area contributed by atoms with Gasteiger partial charge in [-0.2, -0.15) is 5.10 Å². The molecule has 3 rings (SSSR count). The van der Waals surface area contributed by atoms with Gasteiger partial charge in [-0.3, -0.25) is 19.7 Å². The number of pyridine rings is 1. The topological polar surface area (TPSA) is 99.8 Å². The van der Waals surface area contributed by atoms with Crippen LogP contribution < -0.4 is 10.6 Å². The number of thiophene rings is 1. The standard InChI is InChI=1S/C17H16ClN5O2S/c18-11-4-7-19-13(9-11)16(24)20-5-2-6-21-17(25)14-10-12(22-23-14)15-3-1-8-26-15/h1,3-4,7-10H,2,5-6H2,(H,20,24)(H,21,25)(H,22,23). The van der Waals surface area contributed by atoms with E-state index in [9.17, 15) is 9.59 Å². The lowest BCUT2D eigenvalue weighted by Crippen LogP contribution is -2.30. The van der Waals surface area contributed by atoms with E-state index in [0.717, 1.165) is 10.6 Å². The molecule has 2 amide bonds. The summed E-state index contributed by atoms with van der Waals surface area (Å²) in [6.07, 6.45) is 2.06. The monoisotopic (exact) mass is 389 g/mol. The third kappa shape index (κ3) is 4.68. The third-order valence-electron chi connectivity index (χ3n) is 3.48. The smallest absolute Gasteiger partial charge is 0.271 e. The van der Waals surface area contributed by atoms with E-state index in [0.29, 0.717) is 30.2 Å². The van der Waals surface area contributed by atoms with Crippen LogP contribution in [-0.4, -0.2) is 40.1 Å². The molecule has 0 aliphatic rings. The molecule has 7 nitrogen and oxygen atoms in total. The van der Waals surface area contributed by atoms with Gasteiger partial charge in [0.15, 0.2) is 5.69 Å². The molecule has 3 N–H and O–H groups in total. The van der Waals surface area contributed by atoms with E-state index in [1.54, 1.807) is 23.5 Å². The van der Waals surface area contributed by atoms with Crippen molar-refractivity contribution in [2.24, 2.45) is 0 Å². The first kappa shape index (κ1) is 18.1. The number of hydrogen-bond donors (Lipinski definition) is 3. The van der Waals surface area contributed by atoms with Crippen molar-refractivity contribution in [3.8, 4) is 10.6 Å². The molecule has 0 saturated carbocycles. The van der Waals surface area contributed by atoms with Gasteiger partial charge in [0.2, 0.25) is 0 Å². The van der Waals surface area contributed by atoms with Crippen molar-refractivity contribution in [3.05, 3.63) is 58.3 Å². The zero-order valence-electron chi connectivity index (χ0n) is 13.7. The fourth-order valence-electron chi connectivity index (χ4n) is 2.20. The van der Waals surface area contributed by atoms with E-state index in [2.05, 4.69) is 25.8 Å². The average Bonchev–Trinajstić information content (AvgIpc) is 3.32. The molecule has 0 unspecified atom stereocenters. The summed E-state index contributed by atoms with van der Waals surface area (Å²) in [7, 11) is 0. The second-order valence-electron chi connectivity index (χ2n) is 5.37. The van der Waals surface area contributed by atoms with Crippen LogP contribution in [0.2, 0.25) is 5.02 Å². The van der Waals surface area contributed by atoms with E-state index >= 15 is 0 Å². The Labute approximate surface area is 158 Å². The van der Waals surface area contributed by atoms with Crippen LogP contribution in [0.25, 0.3) is 10.6 Å². The molecule has 0 atom stereocenters. The van der Waals surface area contributed by atoms with Gasteiger partial charge in [-0.15, -0.1) is 11.3 Å². The summed E-state index contributed by atoms with van der Waals surface area (Å²) < 4.78 is 0. The minimum atomic E-state index is -0.299. The Morgan fingerprint density at radius 3 is 2.58 bits per heavy atom. The molecule has 3 aromatic heterocycles. The van der Waals surface area contributed by atoms with E-state index < -0.39 is 0 Å². The summed E-state index contributed by atoms with van der Waals surface area (Å²) in [5.74, 6) is -0.557. The van der Waals surface area contributed by atoms with Gasteiger partial charge in [-0.25, -0.2) is 0 Å². The summed E-state index contributed by atoms with van der Waals surface area (Å²) in [5, 5.41) is 14.8. The summed E-state index contributed by atoms with van der Waals surface area (Å²) in [4.78, 5) is 29.0. The van der Waals surface area contributed by atoms with Gasteiger partial charge in [0.1, 0.15) is 5.69 Å². The molecule has 9 heteroatoms. The molecule has 134 valence electrons. The summed E-state index contributed by atoms with van der Waals surface area (Å²) in [6, 6.07) is 8.72. The minimum Gasteiger partial charge on any atom is -0.351 e. The molecule has 0 bridgehead atoms. The fraction of sp³-hybridized carbons (Fsp3) is 0.176. The SMILES string of the molecule is O=C(NCCCNC(=O)c1cc(-c2cccs2)[nH]n1)c1cc(Cl)ccn1. The summed E-state index contributed by atoms with van der Waals surface area (Å²) in [5.41, 5.74) is 1.41. The molecule has 0 aliphatic heterocycles. The number of H-pyrrole nitrogens is 1. The normalized spacial score (nSPS) is 10.5. The van der Waals surface area contributed by atoms with Crippen molar-refractivity contribution in [3.63, 3.8) is 0 Å². The Bertz CT molecular complexity index is 894. The Morgan fingerprint density at radius 2 is 1.88 bits per heavy atom. The van der Waals surface area contributed by atoms with Gasteiger partial charge in [0.25, 0.3) is 11.8 Å². The molecule has 0 fully saturated rings. The van der Waals surface area contributed by atoms with E-state index in [-0.39, 0.29) is 17.5 Å². The number of nitrogens with zero attached hydrogens (tertiary/aromatic N) is 2. The lowest BCUT2D eigenvalue weighted by Gasteiger charge is -2.05. The lowest BCUT2D eigenvalue weighted by atomic mass is 10.3. The van der Waals surface area contributed by atoms with Gasteiger partial charge < -0.3 is 10.6 Å². The van der Waals surface area contributed by atoms with Gasteiger partial charge >= 0.3 is 0 Å². The molecule has 0 spiro atoms. The van der Waals surface area contributed by atoms with Crippen molar-refractivity contribution in [2.45, 2.75) is 6.42 Å². The first-order chi connectivity index (χ1) is 12.6. The molecule has 0 aliphatic carbocycles. The summed E-state index contributed by atoms with van der Waals surface area (Å²) >= 11 is 7.40. The number of halogens is 1. The van der Waals surface area contributed by atoms with Gasteiger partial charge in [0, 0.05) is 24.3 Å². The predicted octanol–water partition coefficient (Wildman–Crippen LogP) is 2.74. The number of rotatable bonds is 7. The molecule has 0 aromatic carbocycles. The first-order valence-corrected chi connectivity index (χ1v) is 9.16. The van der Waals surface area contributed by atoms with E-state index in [1.165, 1.54) is 12.3 Å². The van der Waals surface area contributed by atoms with Crippen LogP contribution in [0.15, 0.2) is 41.9 Å². The molecule has 3 heterocycles. The number of carbonyl (C=O) groups is 2. The highest BCUT2D eigenvalue weighted by Gasteiger charge is 2.11. The second-order valence-corrected chi connectivity index (χ2v) is 6.75. The molecule has 26 heavy (non-hydrogen) atoms. The van der Waals surface area contributed by atoms with Crippen LogP contribution in [0.3, 0.4) is 0 Å². The Hall–Kier alpha value is -2.71. The van der Waals surface area contributed by atoms with E-state index in [1.807, 2.05) is 17.5 Å². The third-order valence-corrected chi connectivity index (χ3v) is 4.61. The highest BCUT2D eigenvalue weighted by molar-refractivity contribution is 7.13. The largest absolute Gasteiger partial charge is 0.351 e. The minimum absolute atomic E-state index is 0.258. The number of aromatic nitrogens is 3. The van der Waals surface area contributed by atoms with Crippen molar-refractivity contribution in [2.75, 3.05) is 13.1 Å². The van der Waals surface area contributed by atoms with Crippen LogP contribution in [0.5, 0.6) is 0 Å². The van der Waals surface area contributed by atoms with Crippen molar-refractivity contribution in [1.82, 2.24) is 25.8 Å². The van der Waals surface area contributed by atoms with Gasteiger partial charge in [-0.05, 0) is 36.1 Å². The van der Waals surface area contributed by atoms with E-state index in [4.69, 9.17) is 11.6 Å². The molecular weight excluding hydrogens is 374 g/mol. The highest BCUT2D eigenvalue weighted by Crippen LogP contribution is 2.22. The summed E-state index contributed by atoms with van der Waals surface area (Å²) in [6.45, 7) is 0.831. The molecule has 0 radical (unpaired) electrons. The lowest BCUT2D eigenvalue weighted by molar-refractivity contribution is 0.0946. The molecule has 3 aromatic rings.